The molecule has 152 valence electrons. The van der Waals surface area contributed by atoms with Gasteiger partial charge in [0.1, 0.15) is 11.4 Å². The van der Waals surface area contributed by atoms with Crippen LogP contribution in [0.15, 0.2) is 28.4 Å². The van der Waals surface area contributed by atoms with Crippen LogP contribution in [0, 0.1) is 20.8 Å². The number of hydrogen-bond acceptors (Lipinski definition) is 5. The molecule has 1 aromatic rings. The average Bonchev–Trinajstić information content (AvgIpc) is 2.52. The van der Waals surface area contributed by atoms with Gasteiger partial charge in [-0.2, -0.15) is 0 Å². The van der Waals surface area contributed by atoms with Gasteiger partial charge in [0.2, 0.25) is 0 Å². The lowest BCUT2D eigenvalue weighted by Gasteiger charge is -2.32. The molecule has 28 heavy (non-hydrogen) atoms. The van der Waals surface area contributed by atoms with Crippen molar-refractivity contribution in [1.82, 2.24) is 4.90 Å². The van der Waals surface area contributed by atoms with Crippen LogP contribution in [0.4, 0.5) is 4.79 Å². The van der Waals surface area contributed by atoms with E-state index in [-0.39, 0.29) is 13.2 Å². The molecule has 0 bridgehead atoms. The summed E-state index contributed by atoms with van der Waals surface area (Å²) in [6, 6.07) is 4.11. The van der Waals surface area contributed by atoms with Crippen molar-refractivity contribution >= 4 is 17.9 Å². The molecule has 6 heteroatoms. The molecule has 1 heterocycles. The lowest BCUT2D eigenvalue weighted by molar-refractivity contribution is -0.138. The summed E-state index contributed by atoms with van der Waals surface area (Å²) < 4.78 is 10.7. The number of benzene rings is 1. The molecule has 1 aromatic carbocycles. The van der Waals surface area contributed by atoms with E-state index in [1.54, 1.807) is 34.6 Å². The molecule has 0 saturated carbocycles. The first kappa shape index (κ1) is 21.7. The largest absolute Gasteiger partial charge is 0.463 e. The van der Waals surface area contributed by atoms with Crippen molar-refractivity contribution in [1.29, 1.82) is 0 Å². The van der Waals surface area contributed by atoms with Crippen LogP contribution in [-0.4, -0.2) is 41.6 Å². The Kier molecular flexibility index (Phi) is 6.32. The van der Waals surface area contributed by atoms with Crippen LogP contribution in [0.3, 0.4) is 0 Å². The second-order valence-corrected chi connectivity index (χ2v) is 8.06. The van der Waals surface area contributed by atoms with Gasteiger partial charge in [0.25, 0.3) is 0 Å². The third kappa shape index (κ3) is 4.80. The molecule has 2 rings (SSSR count). The van der Waals surface area contributed by atoms with Gasteiger partial charge in [0, 0.05) is 5.56 Å². The number of amides is 1. The first-order valence-electron chi connectivity index (χ1n) is 9.49. The highest BCUT2D eigenvalue weighted by atomic mass is 16.6. The summed E-state index contributed by atoms with van der Waals surface area (Å²) in [5, 5.41) is 0. The van der Waals surface area contributed by atoms with E-state index in [2.05, 4.69) is 17.1 Å². The number of aryl methyl sites for hydroxylation is 3. The van der Waals surface area contributed by atoms with E-state index in [1.807, 2.05) is 20.8 Å². The van der Waals surface area contributed by atoms with Gasteiger partial charge in [-0.15, -0.1) is 0 Å². The van der Waals surface area contributed by atoms with E-state index in [1.165, 1.54) is 4.90 Å². The fraction of sp³-hybridized carbons (Fsp3) is 0.500. The highest BCUT2D eigenvalue weighted by Crippen LogP contribution is 2.26. The molecule has 0 aromatic heterocycles. The van der Waals surface area contributed by atoms with Gasteiger partial charge >= 0.3 is 12.1 Å². The van der Waals surface area contributed by atoms with Crippen LogP contribution < -0.4 is 0 Å². The van der Waals surface area contributed by atoms with Gasteiger partial charge in [-0.3, -0.25) is 4.90 Å². The summed E-state index contributed by atoms with van der Waals surface area (Å²) in [6.07, 6.45) is -0.542. The van der Waals surface area contributed by atoms with E-state index in [9.17, 15) is 9.59 Å². The smallest absolute Gasteiger partial charge is 0.416 e. The fourth-order valence-electron chi connectivity index (χ4n) is 3.26. The number of esters is 1. The summed E-state index contributed by atoms with van der Waals surface area (Å²) in [6.45, 7) is 15.3. The molecular formula is C22H30N2O4. The molecule has 0 radical (unpaired) electrons. The Balaban J connectivity index is 2.61. The van der Waals surface area contributed by atoms with Gasteiger partial charge in [-0.25, -0.2) is 14.6 Å². The fourth-order valence-corrected chi connectivity index (χ4v) is 3.26. The number of aliphatic imine (C=N–C) groups is 1. The number of carbonyl (C=O) groups is 2. The Morgan fingerprint density at radius 1 is 1.11 bits per heavy atom. The van der Waals surface area contributed by atoms with Gasteiger partial charge in [0.05, 0.1) is 24.4 Å². The van der Waals surface area contributed by atoms with Gasteiger partial charge in [-0.1, -0.05) is 17.7 Å². The van der Waals surface area contributed by atoms with Crippen molar-refractivity contribution in [3.63, 3.8) is 0 Å². The molecule has 0 fully saturated rings. The molecule has 0 saturated heterocycles. The van der Waals surface area contributed by atoms with E-state index >= 15 is 0 Å². The predicted molar refractivity (Wildman–Crippen MR) is 109 cm³/mol. The summed E-state index contributed by atoms with van der Waals surface area (Å²) in [5.41, 5.74) is 4.28. The molecule has 0 N–H and O–H groups in total. The van der Waals surface area contributed by atoms with Crippen LogP contribution >= 0.6 is 0 Å². The van der Waals surface area contributed by atoms with Gasteiger partial charge in [0.15, 0.2) is 0 Å². The molecule has 1 aliphatic rings. The third-order valence-electron chi connectivity index (χ3n) is 4.32. The summed E-state index contributed by atoms with van der Waals surface area (Å²) in [7, 11) is 0. The quantitative estimate of drug-likeness (QED) is 0.720. The Morgan fingerprint density at radius 3 is 2.18 bits per heavy atom. The molecular weight excluding hydrogens is 356 g/mol. The molecule has 1 aliphatic heterocycles. The zero-order valence-electron chi connectivity index (χ0n) is 18.1. The first-order valence-corrected chi connectivity index (χ1v) is 9.49. The van der Waals surface area contributed by atoms with E-state index in [0.29, 0.717) is 17.1 Å². The molecule has 6 nitrogen and oxygen atoms in total. The Labute approximate surface area is 167 Å². The number of amidine groups is 1. The van der Waals surface area contributed by atoms with Crippen molar-refractivity contribution in [3.8, 4) is 0 Å². The standard InChI is InChI=1S/C22H30N2O4/c1-9-27-20(25)17-12-24(21(26)28-22(6,7)8)19(23-16(17)5)18-14(3)10-13(2)11-15(18)4/h10-11H,9,12H2,1-8H3. The number of carbonyl (C=O) groups excluding carboxylic acids is 2. The zero-order valence-corrected chi connectivity index (χ0v) is 18.1. The topological polar surface area (TPSA) is 68.2 Å². The van der Waals surface area contributed by atoms with E-state index < -0.39 is 17.7 Å². The molecule has 0 aliphatic carbocycles. The van der Waals surface area contributed by atoms with Crippen LogP contribution in [0.2, 0.25) is 0 Å². The van der Waals surface area contributed by atoms with Crippen LogP contribution in [-0.2, 0) is 14.3 Å². The van der Waals surface area contributed by atoms with Crippen molar-refractivity contribution in [3.05, 3.63) is 45.7 Å². The molecule has 0 unspecified atom stereocenters. The average molecular weight is 386 g/mol. The van der Waals surface area contributed by atoms with Crippen LogP contribution in [0.1, 0.15) is 56.9 Å². The van der Waals surface area contributed by atoms with Gasteiger partial charge in [-0.05, 0) is 66.5 Å². The SMILES string of the molecule is CCOC(=O)C1=C(C)N=C(c2c(C)cc(C)cc2C)N(C(=O)OC(C)(C)C)C1. The lowest BCUT2D eigenvalue weighted by atomic mass is 9.97. The lowest BCUT2D eigenvalue weighted by Crippen LogP contribution is -2.45. The minimum absolute atomic E-state index is 0.0607. The normalized spacial score (nSPS) is 14.7. The summed E-state index contributed by atoms with van der Waals surface area (Å²) >= 11 is 0. The first-order chi connectivity index (χ1) is 12.9. The number of hydrogen-bond donors (Lipinski definition) is 0. The summed E-state index contributed by atoms with van der Waals surface area (Å²) in [5.74, 6) is 0.0310. The van der Waals surface area contributed by atoms with E-state index in [4.69, 9.17) is 9.47 Å². The van der Waals surface area contributed by atoms with Crippen molar-refractivity contribution < 1.29 is 19.1 Å². The van der Waals surface area contributed by atoms with E-state index in [0.717, 1.165) is 22.3 Å². The Bertz CT molecular complexity index is 837. The summed E-state index contributed by atoms with van der Waals surface area (Å²) in [4.78, 5) is 31.4. The number of allylic oxidation sites excluding steroid dienone is 1. The molecule has 1 amide bonds. The Hall–Kier alpha value is -2.63. The number of nitrogens with zero attached hydrogens (tertiary/aromatic N) is 2. The van der Waals surface area contributed by atoms with Gasteiger partial charge < -0.3 is 9.47 Å². The highest BCUT2D eigenvalue weighted by molar-refractivity contribution is 6.10. The van der Waals surface area contributed by atoms with Crippen molar-refractivity contribution in [2.45, 2.75) is 61.0 Å². The second kappa shape index (κ2) is 8.17. The number of rotatable bonds is 3. The van der Waals surface area contributed by atoms with Crippen LogP contribution in [0.25, 0.3) is 0 Å². The minimum Gasteiger partial charge on any atom is -0.463 e. The predicted octanol–water partition coefficient (Wildman–Crippen LogP) is 4.45. The van der Waals surface area contributed by atoms with Crippen molar-refractivity contribution in [2.24, 2.45) is 4.99 Å². The van der Waals surface area contributed by atoms with Crippen molar-refractivity contribution in [2.75, 3.05) is 13.2 Å². The molecule has 0 atom stereocenters. The number of ether oxygens (including phenoxy) is 2. The maximum absolute atomic E-state index is 13.0. The maximum atomic E-state index is 13.0. The third-order valence-corrected chi connectivity index (χ3v) is 4.32. The Morgan fingerprint density at radius 2 is 1.68 bits per heavy atom. The zero-order chi connectivity index (χ0) is 21.2. The minimum atomic E-state index is -0.667. The molecule has 0 spiro atoms. The maximum Gasteiger partial charge on any atom is 0.416 e. The second-order valence-electron chi connectivity index (χ2n) is 8.06. The highest BCUT2D eigenvalue weighted by Gasteiger charge is 2.34. The monoisotopic (exact) mass is 386 g/mol. The van der Waals surface area contributed by atoms with Crippen LogP contribution in [0.5, 0.6) is 0 Å².